The van der Waals surface area contributed by atoms with E-state index >= 15 is 0 Å². The van der Waals surface area contributed by atoms with Gasteiger partial charge in [0.2, 0.25) is 0 Å². The molecule has 2 aromatic heterocycles. The van der Waals surface area contributed by atoms with E-state index < -0.39 is 0 Å². The summed E-state index contributed by atoms with van der Waals surface area (Å²) in [5.74, 6) is 0. The number of nitrogens with zero attached hydrogens (tertiary/aromatic N) is 3. The second-order valence-electron chi connectivity index (χ2n) is 5.96. The normalized spacial score (nSPS) is 17.2. The first kappa shape index (κ1) is 14.3. The van der Waals surface area contributed by atoms with Crippen LogP contribution in [-0.4, -0.2) is 41.0 Å². The Morgan fingerprint density at radius 2 is 1.74 bits per heavy atom. The number of hydrogen-bond donors (Lipinski definition) is 1. The molecule has 1 saturated heterocycles. The van der Waals surface area contributed by atoms with E-state index in [-0.39, 0.29) is 6.04 Å². The lowest BCUT2D eigenvalue weighted by atomic mass is 9.96. The Morgan fingerprint density at radius 3 is 2.57 bits per heavy atom. The second kappa shape index (κ2) is 6.44. The molecule has 1 aliphatic rings. The first-order valence-electron chi connectivity index (χ1n) is 8.10. The third-order valence-electron chi connectivity index (χ3n) is 4.50. The Labute approximate surface area is 136 Å². The Hall–Kier alpha value is -2.30. The van der Waals surface area contributed by atoms with Crippen LogP contribution in [0.5, 0.6) is 0 Å². The van der Waals surface area contributed by atoms with Gasteiger partial charge in [0.25, 0.3) is 0 Å². The van der Waals surface area contributed by atoms with Crippen LogP contribution in [0.4, 0.5) is 0 Å². The molecule has 1 N–H and O–H groups in total. The van der Waals surface area contributed by atoms with Crippen molar-refractivity contribution in [1.82, 2.24) is 20.2 Å². The van der Waals surface area contributed by atoms with Crippen molar-refractivity contribution in [3.63, 3.8) is 0 Å². The highest BCUT2D eigenvalue weighted by Crippen LogP contribution is 2.30. The summed E-state index contributed by atoms with van der Waals surface area (Å²) >= 11 is 0. The highest BCUT2D eigenvalue weighted by molar-refractivity contribution is 5.82. The molecule has 4 heteroatoms. The number of rotatable bonds is 3. The van der Waals surface area contributed by atoms with Crippen molar-refractivity contribution in [3.8, 4) is 0 Å². The van der Waals surface area contributed by atoms with Gasteiger partial charge in [0.15, 0.2) is 0 Å². The predicted octanol–water partition coefficient (Wildman–Crippen LogP) is 2.62. The standard InChI is InChI=1S/C19H20N4/c1-2-18(14-21-6-1)19(23-10-8-20-9-11-23)16-3-4-17-13-22-7-5-15(17)12-16/h1-7,12-14,19-20H,8-11H2. The highest BCUT2D eigenvalue weighted by Gasteiger charge is 2.24. The lowest BCUT2D eigenvalue weighted by Crippen LogP contribution is -2.45. The summed E-state index contributed by atoms with van der Waals surface area (Å²) in [6, 6.07) is 13.2. The molecule has 4 nitrogen and oxygen atoms in total. The molecule has 0 saturated carbocycles. The lowest BCUT2D eigenvalue weighted by Gasteiger charge is -2.35. The van der Waals surface area contributed by atoms with Crippen LogP contribution >= 0.6 is 0 Å². The zero-order valence-electron chi connectivity index (χ0n) is 13.0. The van der Waals surface area contributed by atoms with Gasteiger partial charge in [0.1, 0.15) is 0 Å². The second-order valence-corrected chi connectivity index (χ2v) is 5.96. The minimum absolute atomic E-state index is 0.253. The monoisotopic (exact) mass is 304 g/mol. The average Bonchev–Trinajstić information content (AvgIpc) is 2.64. The summed E-state index contributed by atoms with van der Waals surface area (Å²) < 4.78 is 0. The summed E-state index contributed by atoms with van der Waals surface area (Å²) in [5.41, 5.74) is 2.57. The first-order valence-corrected chi connectivity index (χ1v) is 8.10. The number of piperazine rings is 1. The zero-order valence-corrected chi connectivity index (χ0v) is 13.0. The van der Waals surface area contributed by atoms with Gasteiger partial charge in [0.05, 0.1) is 6.04 Å². The Morgan fingerprint density at radius 1 is 0.870 bits per heavy atom. The fourth-order valence-electron chi connectivity index (χ4n) is 3.36. The summed E-state index contributed by atoms with van der Waals surface area (Å²) in [4.78, 5) is 11.1. The number of aromatic nitrogens is 2. The largest absolute Gasteiger partial charge is 0.314 e. The van der Waals surface area contributed by atoms with Crippen LogP contribution in [0.3, 0.4) is 0 Å². The average molecular weight is 304 g/mol. The van der Waals surface area contributed by atoms with E-state index in [1.807, 2.05) is 30.9 Å². The Bertz CT molecular complexity index is 781. The molecule has 3 aromatic rings. The van der Waals surface area contributed by atoms with Gasteiger partial charge in [-0.05, 0) is 34.7 Å². The van der Waals surface area contributed by atoms with Gasteiger partial charge in [0, 0.05) is 56.4 Å². The van der Waals surface area contributed by atoms with Gasteiger partial charge in [-0.2, -0.15) is 0 Å². The maximum Gasteiger partial charge on any atom is 0.0618 e. The molecular weight excluding hydrogens is 284 g/mol. The van der Waals surface area contributed by atoms with Crippen molar-refractivity contribution in [2.24, 2.45) is 0 Å². The van der Waals surface area contributed by atoms with Crippen LogP contribution in [0.25, 0.3) is 10.8 Å². The van der Waals surface area contributed by atoms with Crippen molar-refractivity contribution in [1.29, 1.82) is 0 Å². The maximum absolute atomic E-state index is 4.34. The van der Waals surface area contributed by atoms with Crippen molar-refractivity contribution in [3.05, 3.63) is 72.3 Å². The molecule has 116 valence electrons. The van der Waals surface area contributed by atoms with Crippen molar-refractivity contribution >= 4 is 10.8 Å². The smallest absolute Gasteiger partial charge is 0.0618 e. The molecule has 0 bridgehead atoms. The van der Waals surface area contributed by atoms with Gasteiger partial charge in [-0.25, -0.2) is 0 Å². The van der Waals surface area contributed by atoms with Crippen LogP contribution in [0, 0.1) is 0 Å². The first-order chi connectivity index (χ1) is 11.4. The van der Waals surface area contributed by atoms with E-state index in [4.69, 9.17) is 0 Å². The van der Waals surface area contributed by atoms with Crippen LogP contribution in [-0.2, 0) is 0 Å². The number of nitrogens with one attached hydrogen (secondary N) is 1. The summed E-state index contributed by atoms with van der Waals surface area (Å²) in [7, 11) is 0. The molecule has 0 radical (unpaired) electrons. The molecule has 4 rings (SSSR count). The lowest BCUT2D eigenvalue weighted by molar-refractivity contribution is 0.198. The summed E-state index contributed by atoms with van der Waals surface area (Å²) in [6.07, 6.45) is 7.60. The molecule has 0 amide bonds. The third-order valence-corrected chi connectivity index (χ3v) is 4.50. The molecule has 1 atom stereocenters. The van der Waals surface area contributed by atoms with Crippen LogP contribution < -0.4 is 5.32 Å². The maximum atomic E-state index is 4.34. The number of fused-ring (bicyclic) bond motifs is 1. The number of hydrogen-bond acceptors (Lipinski definition) is 4. The zero-order chi connectivity index (χ0) is 15.5. The predicted molar refractivity (Wildman–Crippen MR) is 92.3 cm³/mol. The molecule has 1 unspecified atom stereocenters. The SMILES string of the molecule is c1cncc(C(c2ccc3cnccc3c2)N2CCNCC2)c1. The third kappa shape index (κ3) is 2.96. The van der Waals surface area contributed by atoms with E-state index in [1.54, 1.807) is 0 Å². The molecule has 1 fully saturated rings. The minimum Gasteiger partial charge on any atom is -0.314 e. The number of benzene rings is 1. The van der Waals surface area contributed by atoms with Gasteiger partial charge in [-0.1, -0.05) is 18.2 Å². The quantitative estimate of drug-likeness (QED) is 0.807. The van der Waals surface area contributed by atoms with E-state index in [1.165, 1.54) is 21.9 Å². The Kier molecular flexibility index (Phi) is 4.01. The van der Waals surface area contributed by atoms with Gasteiger partial charge in [-0.15, -0.1) is 0 Å². The van der Waals surface area contributed by atoms with Crippen LogP contribution in [0.2, 0.25) is 0 Å². The van der Waals surface area contributed by atoms with Crippen LogP contribution in [0.15, 0.2) is 61.2 Å². The van der Waals surface area contributed by atoms with E-state index in [9.17, 15) is 0 Å². The molecule has 1 aromatic carbocycles. The molecule has 3 heterocycles. The van der Waals surface area contributed by atoms with Crippen molar-refractivity contribution in [2.45, 2.75) is 6.04 Å². The van der Waals surface area contributed by atoms with E-state index in [2.05, 4.69) is 50.5 Å². The van der Waals surface area contributed by atoms with Crippen molar-refractivity contribution < 1.29 is 0 Å². The fraction of sp³-hybridized carbons (Fsp3) is 0.263. The van der Waals surface area contributed by atoms with Crippen LogP contribution in [0.1, 0.15) is 17.2 Å². The molecule has 1 aliphatic heterocycles. The van der Waals surface area contributed by atoms with Crippen molar-refractivity contribution in [2.75, 3.05) is 26.2 Å². The molecule has 23 heavy (non-hydrogen) atoms. The Balaban J connectivity index is 1.79. The van der Waals surface area contributed by atoms with E-state index in [0.29, 0.717) is 0 Å². The summed E-state index contributed by atoms with van der Waals surface area (Å²) in [6.45, 7) is 4.17. The molecule has 0 aliphatic carbocycles. The number of pyridine rings is 2. The highest BCUT2D eigenvalue weighted by atomic mass is 15.2. The summed E-state index contributed by atoms with van der Waals surface area (Å²) in [5, 5.41) is 5.86. The van der Waals surface area contributed by atoms with Gasteiger partial charge in [-0.3, -0.25) is 14.9 Å². The molecule has 0 spiro atoms. The van der Waals surface area contributed by atoms with Gasteiger partial charge >= 0.3 is 0 Å². The molecular formula is C19H20N4. The van der Waals surface area contributed by atoms with Gasteiger partial charge < -0.3 is 5.32 Å². The minimum atomic E-state index is 0.253. The van der Waals surface area contributed by atoms with E-state index in [0.717, 1.165) is 26.2 Å². The fourth-order valence-corrected chi connectivity index (χ4v) is 3.36. The topological polar surface area (TPSA) is 41.1 Å².